The van der Waals surface area contributed by atoms with E-state index in [0.717, 1.165) is 11.8 Å². The standard InChI is InChI=1S/C18H21ClN2O3S/c1-4-17(18(22)20-15-9-6-8-14(19)12-15)21(25(3,23)24)16-10-5-7-13(2)11-16/h5-12,17H,4H2,1-3H3,(H,20,22)/t17-/m0/s1. The lowest BCUT2D eigenvalue weighted by atomic mass is 10.1. The van der Waals surface area contributed by atoms with E-state index in [0.29, 0.717) is 22.8 Å². The fourth-order valence-electron chi connectivity index (χ4n) is 2.62. The summed E-state index contributed by atoms with van der Waals surface area (Å²) < 4.78 is 25.9. The lowest BCUT2D eigenvalue weighted by Gasteiger charge is -2.30. The third kappa shape index (κ3) is 4.96. The van der Waals surface area contributed by atoms with E-state index in [1.165, 1.54) is 4.31 Å². The molecule has 0 aromatic heterocycles. The number of carbonyl (C=O) groups is 1. The van der Waals surface area contributed by atoms with Gasteiger partial charge in [-0.05, 0) is 49.2 Å². The first-order valence-corrected chi connectivity index (χ1v) is 10.1. The molecule has 134 valence electrons. The van der Waals surface area contributed by atoms with Crippen molar-refractivity contribution in [1.82, 2.24) is 0 Å². The van der Waals surface area contributed by atoms with Crippen LogP contribution in [0.25, 0.3) is 0 Å². The number of halogens is 1. The topological polar surface area (TPSA) is 66.5 Å². The molecule has 2 aromatic rings. The van der Waals surface area contributed by atoms with E-state index < -0.39 is 22.0 Å². The van der Waals surface area contributed by atoms with Crippen LogP contribution in [0, 0.1) is 6.92 Å². The molecule has 0 aliphatic rings. The molecular weight excluding hydrogens is 360 g/mol. The second-order valence-electron chi connectivity index (χ2n) is 5.82. The van der Waals surface area contributed by atoms with Crippen molar-refractivity contribution in [2.45, 2.75) is 26.3 Å². The van der Waals surface area contributed by atoms with Crippen LogP contribution in [-0.2, 0) is 14.8 Å². The number of amides is 1. The number of carbonyl (C=O) groups excluding carboxylic acids is 1. The molecule has 0 unspecified atom stereocenters. The summed E-state index contributed by atoms with van der Waals surface area (Å²) in [6.45, 7) is 3.65. The molecular formula is C18H21ClN2O3S. The first kappa shape index (κ1) is 19.3. The van der Waals surface area contributed by atoms with Gasteiger partial charge in [-0.3, -0.25) is 9.10 Å². The van der Waals surface area contributed by atoms with E-state index in [1.807, 2.05) is 13.0 Å². The Morgan fingerprint density at radius 3 is 2.44 bits per heavy atom. The van der Waals surface area contributed by atoms with Crippen LogP contribution in [0.15, 0.2) is 48.5 Å². The molecule has 2 aromatic carbocycles. The SMILES string of the molecule is CC[C@@H](C(=O)Nc1cccc(Cl)c1)N(c1cccc(C)c1)S(C)(=O)=O. The van der Waals surface area contributed by atoms with Crippen LogP contribution in [0.5, 0.6) is 0 Å². The first-order valence-electron chi connectivity index (χ1n) is 7.85. The Morgan fingerprint density at radius 2 is 1.88 bits per heavy atom. The number of hydrogen-bond donors (Lipinski definition) is 1. The Bertz CT molecular complexity index is 868. The second-order valence-corrected chi connectivity index (χ2v) is 8.12. The van der Waals surface area contributed by atoms with Gasteiger partial charge in [-0.1, -0.05) is 36.7 Å². The van der Waals surface area contributed by atoms with Gasteiger partial charge in [0.2, 0.25) is 15.9 Å². The fourth-order valence-corrected chi connectivity index (χ4v) is 4.01. The van der Waals surface area contributed by atoms with E-state index >= 15 is 0 Å². The van der Waals surface area contributed by atoms with Crippen LogP contribution < -0.4 is 9.62 Å². The van der Waals surface area contributed by atoms with Gasteiger partial charge in [0.05, 0.1) is 11.9 Å². The molecule has 0 spiro atoms. The van der Waals surface area contributed by atoms with Gasteiger partial charge in [0.15, 0.2) is 0 Å². The van der Waals surface area contributed by atoms with E-state index in [-0.39, 0.29) is 0 Å². The Labute approximate surface area is 153 Å². The first-order chi connectivity index (χ1) is 11.7. The zero-order chi connectivity index (χ0) is 18.6. The highest BCUT2D eigenvalue weighted by Gasteiger charge is 2.31. The van der Waals surface area contributed by atoms with Crippen LogP contribution >= 0.6 is 11.6 Å². The normalized spacial score (nSPS) is 12.5. The number of nitrogens with one attached hydrogen (secondary N) is 1. The molecule has 0 bridgehead atoms. The summed E-state index contributed by atoms with van der Waals surface area (Å²) in [5.74, 6) is -0.406. The molecule has 0 radical (unpaired) electrons. The number of hydrogen-bond acceptors (Lipinski definition) is 3. The summed E-state index contributed by atoms with van der Waals surface area (Å²) in [4.78, 5) is 12.7. The molecule has 5 nitrogen and oxygen atoms in total. The highest BCUT2D eigenvalue weighted by molar-refractivity contribution is 7.92. The molecule has 0 aliphatic heterocycles. The third-order valence-corrected chi connectivity index (χ3v) is 5.09. The number of sulfonamides is 1. The molecule has 1 N–H and O–H groups in total. The van der Waals surface area contributed by atoms with Crippen molar-refractivity contribution in [3.05, 3.63) is 59.1 Å². The molecule has 25 heavy (non-hydrogen) atoms. The lowest BCUT2D eigenvalue weighted by Crippen LogP contribution is -2.47. The molecule has 0 aliphatic carbocycles. The van der Waals surface area contributed by atoms with E-state index in [1.54, 1.807) is 49.4 Å². The summed E-state index contributed by atoms with van der Waals surface area (Å²) in [6, 6.07) is 12.9. The maximum Gasteiger partial charge on any atom is 0.248 e. The van der Waals surface area contributed by atoms with Crippen LogP contribution in [0.2, 0.25) is 5.02 Å². The van der Waals surface area contributed by atoms with Crippen molar-refractivity contribution in [2.75, 3.05) is 15.9 Å². The van der Waals surface area contributed by atoms with Crippen molar-refractivity contribution in [1.29, 1.82) is 0 Å². The number of rotatable bonds is 6. The summed E-state index contributed by atoms with van der Waals surface area (Å²) in [6.07, 6.45) is 1.43. The maximum absolute atomic E-state index is 12.7. The van der Waals surface area contributed by atoms with Crippen molar-refractivity contribution < 1.29 is 13.2 Å². The Kier molecular flexibility index (Phi) is 6.08. The van der Waals surface area contributed by atoms with Crippen molar-refractivity contribution >= 4 is 38.9 Å². The smallest absolute Gasteiger partial charge is 0.248 e. The lowest BCUT2D eigenvalue weighted by molar-refractivity contribution is -0.117. The molecule has 1 atom stereocenters. The van der Waals surface area contributed by atoms with Crippen LogP contribution in [0.4, 0.5) is 11.4 Å². The Hall–Kier alpha value is -2.05. The van der Waals surface area contributed by atoms with Crippen LogP contribution in [-0.4, -0.2) is 26.6 Å². The number of benzene rings is 2. The summed E-state index contributed by atoms with van der Waals surface area (Å²) in [7, 11) is -3.65. The Balaban J connectivity index is 2.38. The van der Waals surface area contributed by atoms with Gasteiger partial charge < -0.3 is 5.32 Å². The van der Waals surface area contributed by atoms with Crippen LogP contribution in [0.1, 0.15) is 18.9 Å². The minimum Gasteiger partial charge on any atom is -0.324 e. The number of anilines is 2. The average Bonchev–Trinajstić information content (AvgIpc) is 2.51. The zero-order valence-corrected chi connectivity index (χ0v) is 15.9. The maximum atomic E-state index is 12.7. The Morgan fingerprint density at radius 1 is 1.20 bits per heavy atom. The zero-order valence-electron chi connectivity index (χ0n) is 14.4. The van der Waals surface area contributed by atoms with E-state index in [9.17, 15) is 13.2 Å². The highest BCUT2D eigenvalue weighted by atomic mass is 35.5. The van der Waals surface area contributed by atoms with E-state index in [4.69, 9.17) is 11.6 Å². The molecule has 0 saturated heterocycles. The van der Waals surface area contributed by atoms with Gasteiger partial charge in [0, 0.05) is 10.7 Å². The predicted octanol–water partition coefficient (Wildman–Crippen LogP) is 3.83. The summed E-state index contributed by atoms with van der Waals surface area (Å²) >= 11 is 5.93. The van der Waals surface area contributed by atoms with Gasteiger partial charge in [-0.2, -0.15) is 0 Å². The third-order valence-electron chi connectivity index (χ3n) is 3.68. The second kappa shape index (κ2) is 7.89. The molecule has 0 fully saturated rings. The van der Waals surface area contributed by atoms with Gasteiger partial charge in [-0.25, -0.2) is 8.42 Å². The molecule has 0 saturated carbocycles. The van der Waals surface area contributed by atoms with Crippen molar-refractivity contribution in [3.8, 4) is 0 Å². The minimum absolute atomic E-state index is 0.327. The molecule has 0 heterocycles. The van der Waals surface area contributed by atoms with Crippen molar-refractivity contribution in [3.63, 3.8) is 0 Å². The highest BCUT2D eigenvalue weighted by Crippen LogP contribution is 2.24. The van der Waals surface area contributed by atoms with Crippen LogP contribution in [0.3, 0.4) is 0 Å². The minimum atomic E-state index is -3.65. The van der Waals surface area contributed by atoms with Crippen molar-refractivity contribution in [2.24, 2.45) is 0 Å². The summed E-state index contributed by atoms with van der Waals surface area (Å²) in [5, 5.41) is 3.23. The summed E-state index contributed by atoms with van der Waals surface area (Å²) in [5.41, 5.74) is 1.90. The average molecular weight is 381 g/mol. The van der Waals surface area contributed by atoms with Gasteiger partial charge >= 0.3 is 0 Å². The quantitative estimate of drug-likeness (QED) is 0.828. The van der Waals surface area contributed by atoms with Gasteiger partial charge in [0.1, 0.15) is 6.04 Å². The van der Waals surface area contributed by atoms with Gasteiger partial charge in [-0.15, -0.1) is 0 Å². The predicted molar refractivity (Wildman–Crippen MR) is 103 cm³/mol. The largest absolute Gasteiger partial charge is 0.324 e. The number of aryl methyl sites for hydroxylation is 1. The molecule has 1 amide bonds. The fraction of sp³-hybridized carbons (Fsp3) is 0.278. The monoisotopic (exact) mass is 380 g/mol. The number of nitrogens with zero attached hydrogens (tertiary/aromatic N) is 1. The molecule has 7 heteroatoms. The molecule has 2 rings (SSSR count). The van der Waals surface area contributed by atoms with E-state index in [2.05, 4.69) is 5.32 Å². The van der Waals surface area contributed by atoms with Gasteiger partial charge in [0.25, 0.3) is 0 Å².